The molecule has 0 amide bonds. The number of anilines is 1. The second kappa shape index (κ2) is 8.32. The Morgan fingerprint density at radius 2 is 1.70 bits per heavy atom. The minimum absolute atomic E-state index is 0.0228. The van der Waals surface area contributed by atoms with Crippen molar-refractivity contribution in [2.75, 3.05) is 51.3 Å². The van der Waals surface area contributed by atoms with Crippen LogP contribution in [-0.4, -0.2) is 56.9 Å². The van der Waals surface area contributed by atoms with E-state index in [0.717, 1.165) is 64.3 Å². The van der Waals surface area contributed by atoms with Crippen molar-refractivity contribution < 1.29 is 9.47 Å². The van der Waals surface area contributed by atoms with Crippen molar-refractivity contribution in [3.63, 3.8) is 0 Å². The monoisotopic (exact) mass is 366 g/mol. The average molecular weight is 367 g/mol. The first-order valence-electron chi connectivity index (χ1n) is 10.1. The number of piperidine rings is 1. The molecule has 0 atom stereocenters. The quantitative estimate of drug-likeness (QED) is 0.807. The summed E-state index contributed by atoms with van der Waals surface area (Å²) in [4.78, 5) is 5.07. The Morgan fingerprint density at radius 3 is 2.48 bits per heavy atom. The smallest absolute Gasteiger partial charge is 0.122 e. The first-order valence-corrected chi connectivity index (χ1v) is 10.1. The Kier molecular flexibility index (Phi) is 5.65. The minimum atomic E-state index is 0.0228. The van der Waals surface area contributed by atoms with Gasteiger partial charge in [-0.15, -0.1) is 0 Å². The van der Waals surface area contributed by atoms with E-state index >= 15 is 0 Å². The molecule has 0 radical (unpaired) electrons. The van der Waals surface area contributed by atoms with Crippen LogP contribution >= 0.6 is 0 Å². The number of benzene rings is 2. The largest absolute Gasteiger partial charge is 0.496 e. The van der Waals surface area contributed by atoms with Crippen LogP contribution in [0.3, 0.4) is 0 Å². The highest BCUT2D eigenvalue weighted by atomic mass is 16.5. The van der Waals surface area contributed by atoms with Crippen molar-refractivity contribution in [3.05, 3.63) is 60.2 Å². The van der Waals surface area contributed by atoms with Gasteiger partial charge in [0.1, 0.15) is 5.75 Å². The van der Waals surface area contributed by atoms with Gasteiger partial charge in [-0.3, -0.25) is 0 Å². The molecule has 2 aromatic rings. The van der Waals surface area contributed by atoms with E-state index in [-0.39, 0.29) is 5.60 Å². The zero-order chi connectivity index (χ0) is 18.5. The summed E-state index contributed by atoms with van der Waals surface area (Å²) < 4.78 is 11.8. The lowest BCUT2D eigenvalue weighted by molar-refractivity contribution is -0.0909. The molecule has 144 valence electrons. The third-order valence-corrected chi connectivity index (χ3v) is 6.03. The Hall–Kier alpha value is -2.04. The molecular weight excluding hydrogens is 336 g/mol. The molecule has 4 nitrogen and oxygen atoms in total. The minimum Gasteiger partial charge on any atom is -0.496 e. The van der Waals surface area contributed by atoms with Gasteiger partial charge in [-0.25, -0.2) is 0 Å². The molecule has 0 saturated carbocycles. The first kappa shape index (κ1) is 18.3. The van der Waals surface area contributed by atoms with Crippen LogP contribution in [-0.2, 0) is 11.2 Å². The van der Waals surface area contributed by atoms with Gasteiger partial charge in [0.2, 0.25) is 0 Å². The Balaban J connectivity index is 1.32. The van der Waals surface area contributed by atoms with Crippen LogP contribution < -0.4 is 9.64 Å². The van der Waals surface area contributed by atoms with Crippen LogP contribution in [0.5, 0.6) is 5.75 Å². The first-order chi connectivity index (χ1) is 13.3. The fourth-order valence-corrected chi connectivity index (χ4v) is 4.38. The number of rotatable bonds is 5. The summed E-state index contributed by atoms with van der Waals surface area (Å²) in [7, 11) is 1.75. The van der Waals surface area contributed by atoms with Crippen molar-refractivity contribution in [3.8, 4) is 5.75 Å². The average Bonchev–Trinajstić information content (AvgIpc) is 2.74. The van der Waals surface area contributed by atoms with Crippen LogP contribution in [0.15, 0.2) is 54.6 Å². The van der Waals surface area contributed by atoms with Crippen LogP contribution in [0.4, 0.5) is 5.69 Å². The van der Waals surface area contributed by atoms with E-state index in [0.29, 0.717) is 0 Å². The van der Waals surface area contributed by atoms with E-state index in [9.17, 15) is 0 Å². The maximum Gasteiger partial charge on any atom is 0.122 e. The summed E-state index contributed by atoms with van der Waals surface area (Å²) in [5.74, 6) is 1.00. The third-order valence-electron chi connectivity index (χ3n) is 6.03. The van der Waals surface area contributed by atoms with Gasteiger partial charge in [0.25, 0.3) is 0 Å². The zero-order valence-electron chi connectivity index (χ0n) is 16.3. The molecule has 2 fully saturated rings. The predicted octanol–water partition coefficient (Wildman–Crippen LogP) is 3.61. The van der Waals surface area contributed by atoms with Crippen LogP contribution in [0.1, 0.15) is 18.4 Å². The van der Waals surface area contributed by atoms with Gasteiger partial charge in [-0.2, -0.15) is 0 Å². The van der Waals surface area contributed by atoms with Crippen molar-refractivity contribution in [2.24, 2.45) is 0 Å². The number of methoxy groups -OCH3 is 1. The highest BCUT2D eigenvalue weighted by Crippen LogP contribution is 2.32. The fourth-order valence-electron chi connectivity index (χ4n) is 4.38. The summed E-state index contributed by atoms with van der Waals surface area (Å²) in [6, 6.07) is 19.1. The fraction of sp³-hybridized carbons (Fsp3) is 0.478. The van der Waals surface area contributed by atoms with Crippen molar-refractivity contribution in [1.82, 2.24) is 4.90 Å². The second-order valence-electron chi connectivity index (χ2n) is 7.69. The molecule has 0 bridgehead atoms. The Labute approximate surface area is 162 Å². The zero-order valence-corrected chi connectivity index (χ0v) is 16.3. The summed E-state index contributed by atoms with van der Waals surface area (Å²) in [6.45, 7) is 6.13. The molecule has 0 N–H and O–H groups in total. The molecule has 2 aliphatic rings. The predicted molar refractivity (Wildman–Crippen MR) is 110 cm³/mol. The summed E-state index contributed by atoms with van der Waals surface area (Å²) in [5, 5.41) is 0. The molecular formula is C23H30N2O2. The van der Waals surface area contributed by atoms with Crippen molar-refractivity contribution in [1.29, 1.82) is 0 Å². The van der Waals surface area contributed by atoms with E-state index in [1.807, 2.05) is 6.07 Å². The van der Waals surface area contributed by atoms with Crippen LogP contribution in [0.25, 0.3) is 0 Å². The van der Waals surface area contributed by atoms with Crippen molar-refractivity contribution in [2.45, 2.75) is 24.9 Å². The molecule has 2 aromatic carbocycles. The van der Waals surface area contributed by atoms with E-state index in [1.165, 1.54) is 11.3 Å². The normalized spacial score (nSPS) is 20.0. The third kappa shape index (κ3) is 4.28. The van der Waals surface area contributed by atoms with Gasteiger partial charge in [0.15, 0.2) is 0 Å². The van der Waals surface area contributed by atoms with Gasteiger partial charge in [-0.1, -0.05) is 36.4 Å². The number of likely N-dealkylation sites (tertiary alicyclic amines) is 1. The van der Waals surface area contributed by atoms with E-state index < -0.39 is 0 Å². The molecule has 27 heavy (non-hydrogen) atoms. The number of para-hydroxylation sites is 2. The summed E-state index contributed by atoms with van der Waals surface area (Å²) >= 11 is 0. The SMILES string of the molecule is COc1ccccc1CCN1CCC2(CC1)CN(c1ccccc1)CCO2. The number of nitrogens with zero attached hydrogens (tertiary/aromatic N) is 2. The molecule has 4 rings (SSSR count). The molecule has 2 aliphatic heterocycles. The molecule has 4 heteroatoms. The lowest BCUT2D eigenvalue weighted by Gasteiger charge is -2.48. The van der Waals surface area contributed by atoms with Crippen molar-refractivity contribution >= 4 is 5.69 Å². The van der Waals surface area contributed by atoms with E-state index in [4.69, 9.17) is 9.47 Å². The second-order valence-corrected chi connectivity index (χ2v) is 7.69. The molecule has 0 aliphatic carbocycles. The van der Waals surface area contributed by atoms with Gasteiger partial charge in [0.05, 0.1) is 19.3 Å². The lowest BCUT2D eigenvalue weighted by atomic mass is 9.89. The topological polar surface area (TPSA) is 24.9 Å². The Bertz CT molecular complexity index is 726. The summed E-state index contributed by atoms with van der Waals surface area (Å²) in [5.41, 5.74) is 2.64. The van der Waals surface area contributed by atoms with Crippen LogP contribution in [0, 0.1) is 0 Å². The van der Waals surface area contributed by atoms with Crippen LogP contribution in [0.2, 0.25) is 0 Å². The highest BCUT2D eigenvalue weighted by molar-refractivity contribution is 5.46. The maximum absolute atomic E-state index is 6.32. The highest BCUT2D eigenvalue weighted by Gasteiger charge is 2.39. The van der Waals surface area contributed by atoms with E-state index in [1.54, 1.807) is 7.11 Å². The number of hydrogen-bond donors (Lipinski definition) is 0. The van der Waals surface area contributed by atoms with Gasteiger partial charge in [-0.05, 0) is 43.0 Å². The van der Waals surface area contributed by atoms with E-state index in [2.05, 4.69) is 58.3 Å². The summed E-state index contributed by atoms with van der Waals surface area (Å²) in [6.07, 6.45) is 3.26. The Morgan fingerprint density at radius 1 is 0.963 bits per heavy atom. The van der Waals surface area contributed by atoms with Gasteiger partial charge < -0.3 is 19.3 Å². The van der Waals surface area contributed by atoms with Gasteiger partial charge in [0, 0.05) is 38.4 Å². The molecule has 0 unspecified atom stereocenters. The number of morpholine rings is 1. The molecule has 0 aromatic heterocycles. The molecule has 2 heterocycles. The number of hydrogen-bond acceptors (Lipinski definition) is 4. The molecule has 2 saturated heterocycles. The number of ether oxygens (including phenoxy) is 2. The molecule has 1 spiro atoms. The standard InChI is InChI=1S/C23H30N2O2/c1-26-22-10-6-5-7-20(22)11-14-24-15-12-23(13-16-24)19-25(17-18-27-23)21-8-3-2-4-9-21/h2-10H,11-19H2,1H3. The van der Waals surface area contributed by atoms with Gasteiger partial charge >= 0.3 is 0 Å². The maximum atomic E-state index is 6.32. The lowest BCUT2D eigenvalue weighted by Crippen LogP contribution is -2.57.